The van der Waals surface area contributed by atoms with Crippen molar-refractivity contribution in [1.29, 1.82) is 0 Å². The highest BCUT2D eigenvalue weighted by Crippen LogP contribution is 2.20. The molecule has 0 aliphatic carbocycles. The molecule has 8 heteroatoms. The molecule has 24 heavy (non-hydrogen) atoms. The number of aromatic amines is 1. The molecule has 0 radical (unpaired) electrons. The van der Waals surface area contributed by atoms with Gasteiger partial charge in [0.1, 0.15) is 5.52 Å². The third-order valence-corrected chi connectivity index (χ3v) is 3.43. The summed E-state index contributed by atoms with van der Waals surface area (Å²) in [6.45, 7) is 0. The number of anilines is 2. The molecule has 4 aromatic rings. The molecule has 8 nitrogen and oxygen atoms in total. The zero-order valence-corrected chi connectivity index (χ0v) is 12.4. The Hall–Kier alpha value is -3.68. The van der Waals surface area contributed by atoms with Gasteiger partial charge in [0.2, 0.25) is 0 Å². The molecule has 0 unspecified atom stereocenters. The van der Waals surface area contributed by atoms with Crippen molar-refractivity contribution in [3.8, 4) is 11.4 Å². The number of hydrogen-bond donors (Lipinski definition) is 3. The zero-order chi connectivity index (χ0) is 16.5. The van der Waals surface area contributed by atoms with Gasteiger partial charge in [-0.2, -0.15) is 10.1 Å². The number of nitrogens with one attached hydrogen (secondary N) is 2. The molecule has 1 aromatic carbocycles. The molecule has 0 spiro atoms. The first-order valence-corrected chi connectivity index (χ1v) is 7.13. The lowest BCUT2D eigenvalue weighted by atomic mass is 10.2. The molecule has 118 valence electrons. The number of amides is 1. The summed E-state index contributed by atoms with van der Waals surface area (Å²) in [5.74, 6) is 0.0868. The van der Waals surface area contributed by atoms with E-state index in [1.807, 2.05) is 18.2 Å². The van der Waals surface area contributed by atoms with E-state index in [0.29, 0.717) is 28.2 Å². The monoisotopic (exact) mass is 320 g/mol. The Kier molecular flexibility index (Phi) is 3.20. The van der Waals surface area contributed by atoms with Crippen LogP contribution < -0.4 is 11.1 Å². The first-order valence-electron chi connectivity index (χ1n) is 7.13. The first kappa shape index (κ1) is 13.9. The van der Waals surface area contributed by atoms with Crippen molar-refractivity contribution in [2.75, 3.05) is 11.1 Å². The van der Waals surface area contributed by atoms with E-state index in [9.17, 15) is 4.79 Å². The lowest BCUT2D eigenvalue weighted by molar-refractivity contribution is 0.102. The third kappa shape index (κ3) is 2.56. The molecule has 1 amide bonds. The fraction of sp³-hybridized carbons (Fsp3) is 0. The van der Waals surface area contributed by atoms with E-state index in [1.165, 1.54) is 0 Å². The largest absolute Gasteiger partial charge is 0.424 e. The minimum absolute atomic E-state index is 0.0647. The Labute approximate surface area is 135 Å². The molecule has 0 bridgehead atoms. The summed E-state index contributed by atoms with van der Waals surface area (Å²) in [6.07, 6.45) is 1.69. The van der Waals surface area contributed by atoms with Gasteiger partial charge in [0.05, 0.1) is 11.4 Å². The Morgan fingerprint density at radius 3 is 2.96 bits per heavy atom. The number of oxazole rings is 1. The number of nitrogens with zero attached hydrogens (tertiary/aromatic N) is 3. The number of carbonyl (C=O) groups is 1. The van der Waals surface area contributed by atoms with E-state index in [4.69, 9.17) is 10.2 Å². The van der Waals surface area contributed by atoms with Gasteiger partial charge in [-0.1, -0.05) is 6.07 Å². The molecule has 0 aliphatic rings. The second-order valence-electron chi connectivity index (χ2n) is 5.07. The van der Waals surface area contributed by atoms with Crippen molar-refractivity contribution in [3.05, 3.63) is 54.2 Å². The zero-order valence-electron chi connectivity index (χ0n) is 12.4. The number of hydrogen-bond acceptors (Lipinski definition) is 6. The Bertz CT molecular complexity index is 1020. The van der Waals surface area contributed by atoms with Crippen molar-refractivity contribution in [1.82, 2.24) is 20.2 Å². The van der Waals surface area contributed by atoms with Crippen LogP contribution in [-0.2, 0) is 0 Å². The molecule has 0 fully saturated rings. The summed E-state index contributed by atoms with van der Waals surface area (Å²) in [4.78, 5) is 20.5. The highest BCUT2D eigenvalue weighted by atomic mass is 16.4. The van der Waals surface area contributed by atoms with Crippen LogP contribution in [0.1, 0.15) is 10.4 Å². The quantitative estimate of drug-likeness (QED) is 0.533. The van der Waals surface area contributed by atoms with Crippen LogP contribution in [0.3, 0.4) is 0 Å². The van der Waals surface area contributed by atoms with Gasteiger partial charge in [-0.25, -0.2) is 0 Å². The number of rotatable bonds is 3. The summed E-state index contributed by atoms with van der Waals surface area (Å²) in [6, 6.07) is 12.2. The van der Waals surface area contributed by atoms with Gasteiger partial charge < -0.3 is 15.5 Å². The van der Waals surface area contributed by atoms with Gasteiger partial charge in [0.25, 0.3) is 11.9 Å². The number of H-pyrrole nitrogens is 1. The maximum absolute atomic E-state index is 12.3. The summed E-state index contributed by atoms with van der Waals surface area (Å²) in [5.41, 5.74) is 8.42. The second kappa shape index (κ2) is 5.51. The normalized spacial score (nSPS) is 10.8. The van der Waals surface area contributed by atoms with Crippen LogP contribution in [0.5, 0.6) is 0 Å². The topological polar surface area (TPSA) is 123 Å². The highest BCUT2D eigenvalue weighted by Gasteiger charge is 2.12. The van der Waals surface area contributed by atoms with E-state index in [0.717, 1.165) is 5.69 Å². The molecule has 0 aliphatic heterocycles. The SMILES string of the molecule is Nc1nc2ccc(C(=O)Nc3cc(-c4ccccn4)[nH]n3)cc2o1. The molecular formula is C16H12N6O2. The van der Waals surface area contributed by atoms with Gasteiger partial charge in [-0.3, -0.25) is 14.9 Å². The summed E-state index contributed by atoms with van der Waals surface area (Å²) >= 11 is 0. The maximum Gasteiger partial charge on any atom is 0.292 e. The van der Waals surface area contributed by atoms with Crippen LogP contribution >= 0.6 is 0 Å². The molecule has 4 rings (SSSR count). The number of fused-ring (bicyclic) bond motifs is 1. The maximum atomic E-state index is 12.3. The highest BCUT2D eigenvalue weighted by molar-refractivity contribution is 6.05. The number of nitrogens with two attached hydrogens (primary N) is 1. The molecular weight excluding hydrogens is 308 g/mol. The lowest BCUT2D eigenvalue weighted by Crippen LogP contribution is -2.11. The molecule has 0 saturated heterocycles. The molecule has 4 N–H and O–H groups in total. The lowest BCUT2D eigenvalue weighted by Gasteiger charge is -2.01. The van der Waals surface area contributed by atoms with Gasteiger partial charge in [0, 0.05) is 17.8 Å². The van der Waals surface area contributed by atoms with Crippen LogP contribution in [-0.4, -0.2) is 26.1 Å². The van der Waals surface area contributed by atoms with Gasteiger partial charge >= 0.3 is 0 Å². The molecule has 0 saturated carbocycles. The van der Waals surface area contributed by atoms with Gasteiger partial charge in [-0.05, 0) is 30.3 Å². The Morgan fingerprint density at radius 1 is 1.21 bits per heavy atom. The third-order valence-electron chi connectivity index (χ3n) is 3.43. The molecule has 3 aromatic heterocycles. The van der Waals surface area contributed by atoms with Crippen molar-refractivity contribution in [3.63, 3.8) is 0 Å². The number of benzene rings is 1. The predicted octanol–water partition coefficient (Wildman–Crippen LogP) is 2.45. The number of nitrogen functional groups attached to an aromatic ring is 1. The van der Waals surface area contributed by atoms with Gasteiger partial charge in [0.15, 0.2) is 11.4 Å². The fourth-order valence-corrected chi connectivity index (χ4v) is 2.31. The van der Waals surface area contributed by atoms with Crippen molar-refractivity contribution >= 4 is 28.8 Å². The van der Waals surface area contributed by atoms with E-state index in [2.05, 4.69) is 25.5 Å². The van der Waals surface area contributed by atoms with Crippen LogP contribution in [0.25, 0.3) is 22.5 Å². The summed E-state index contributed by atoms with van der Waals surface area (Å²) in [5, 5.41) is 9.63. The average molecular weight is 320 g/mol. The molecule has 3 heterocycles. The van der Waals surface area contributed by atoms with Gasteiger partial charge in [-0.15, -0.1) is 0 Å². The number of carbonyl (C=O) groups excluding carboxylic acids is 1. The van der Waals surface area contributed by atoms with Crippen molar-refractivity contribution in [2.45, 2.75) is 0 Å². The average Bonchev–Trinajstić information content (AvgIpc) is 3.20. The standard InChI is InChI=1S/C16H12N6O2/c17-16-19-11-5-4-9(7-13(11)24-16)15(23)20-14-8-12(21-22-14)10-3-1-2-6-18-10/h1-8H,(H2,17,19)(H2,20,21,22,23). The minimum atomic E-state index is -0.314. The van der Waals surface area contributed by atoms with Crippen LogP contribution in [0.2, 0.25) is 0 Å². The van der Waals surface area contributed by atoms with E-state index in [1.54, 1.807) is 30.5 Å². The second-order valence-corrected chi connectivity index (χ2v) is 5.07. The van der Waals surface area contributed by atoms with Crippen molar-refractivity contribution < 1.29 is 9.21 Å². The first-order chi connectivity index (χ1) is 11.7. The Morgan fingerprint density at radius 2 is 2.12 bits per heavy atom. The minimum Gasteiger partial charge on any atom is -0.424 e. The predicted molar refractivity (Wildman–Crippen MR) is 88.2 cm³/mol. The Balaban J connectivity index is 1.56. The van der Waals surface area contributed by atoms with Crippen molar-refractivity contribution in [2.24, 2.45) is 0 Å². The fourth-order valence-electron chi connectivity index (χ4n) is 2.31. The number of aromatic nitrogens is 4. The summed E-state index contributed by atoms with van der Waals surface area (Å²) in [7, 11) is 0. The van der Waals surface area contributed by atoms with Crippen LogP contribution in [0.15, 0.2) is 53.1 Å². The van der Waals surface area contributed by atoms with E-state index < -0.39 is 0 Å². The van der Waals surface area contributed by atoms with Crippen LogP contribution in [0.4, 0.5) is 11.8 Å². The van der Waals surface area contributed by atoms with Crippen LogP contribution in [0, 0.1) is 0 Å². The van der Waals surface area contributed by atoms with E-state index >= 15 is 0 Å². The summed E-state index contributed by atoms with van der Waals surface area (Å²) < 4.78 is 5.23. The molecule has 0 atom stereocenters. The number of pyridine rings is 1. The smallest absolute Gasteiger partial charge is 0.292 e. The van der Waals surface area contributed by atoms with E-state index in [-0.39, 0.29) is 11.9 Å².